The predicted octanol–water partition coefficient (Wildman–Crippen LogP) is 3.97. The Morgan fingerprint density at radius 3 is 2.54 bits per heavy atom. The second-order valence-electron chi connectivity index (χ2n) is 6.92. The molecule has 5 nitrogen and oxygen atoms in total. The molecule has 1 fully saturated rings. The lowest BCUT2D eigenvalue weighted by Gasteiger charge is -2.24. The number of carbonyl (C=O) groups is 2. The van der Waals surface area contributed by atoms with Crippen molar-refractivity contribution in [2.75, 3.05) is 6.54 Å². The van der Waals surface area contributed by atoms with E-state index in [9.17, 15) is 14.7 Å². The van der Waals surface area contributed by atoms with Crippen molar-refractivity contribution in [3.63, 3.8) is 0 Å². The van der Waals surface area contributed by atoms with E-state index in [0.29, 0.717) is 35.1 Å². The highest BCUT2D eigenvalue weighted by atomic mass is 35.5. The van der Waals surface area contributed by atoms with Crippen molar-refractivity contribution in [1.82, 2.24) is 10.2 Å². The molecule has 2 N–H and O–H groups in total. The van der Waals surface area contributed by atoms with E-state index >= 15 is 0 Å². The van der Waals surface area contributed by atoms with Crippen molar-refractivity contribution in [2.24, 2.45) is 0 Å². The standard InChI is InChI=1S/C21H22Cl2N2O3/c1-13(26)15-6-4-14(5-7-15)12-24-20(27)19-3-2-10-25(19)21(28)16-8-9-17(22)18(23)11-16/h4-9,11,13,19,26H,2-3,10,12H2,1H3,(H,24,27)/t13-,19-/m0/s1. The summed E-state index contributed by atoms with van der Waals surface area (Å²) in [5, 5.41) is 13.2. The largest absolute Gasteiger partial charge is 0.389 e. The summed E-state index contributed by atoms with van der Waals surface area (Å²) >= 11 is 11.9. The zero-order valence-corrected chi connectivity index (χ0v) is 17.0. The number of likely N-dealkylation sites (tertiary alicyclic amines) is 1. The molecule has 0 saturated carbocycles. The Morgan fingerprint density at radius 1 is 1.18 bits per heavy atom. The number of hydrogen-bond acceptors (Lipinski definition) is 3. The highest BCUT2D eigenvalue weighted by Gasteiger charge is 2.34. The van der Waals surface area contributed by atoms with Crippen LogP contribution in [0.3, 0.4) is 0 Å². The van der Waals surface area contributed by atoms with Gasteiger partial charge < -0.3 is 15.3 Å². The maximum absolute atomic E-state index is 12.8. The highest BCUT2D eigenvalue weighted by Crippen LogP contribution is 2.26. The van der Waals surface area contributed by atoms with Gasteiger partial charge in [-0.1, -0.05) is 47.5 Å². The highest BCUT2D eigenvalue weighted by molar-refractivity contribution is 6.42. The van der Waals surface area contributed by atoms with Crippen molar-refractivity contribution in [3.05, 3.63) is 69.2 Å². The SMILES string of the molecule is C[C@H](O)c1ccc(CNC(=O)[C@@H]2CCCN2C(=O)c2ccc(Cl)c(Cl)c2)cc1. The number of amides is 2. The monoisotopic (exact) mass is 420 g/mol. The molecule has 28 heavy (non-hydrogen) atoms. The fraction of sp³-hybridized carbons (Fsp3) is 0.333. The van der Waals surface area contributed by atoms with Gasteiger partial charge in [-0.15, -0.1) is 0 Å². The third-order valence-corrected chi connectivity index (χ3v) is 5.65. The van der Waals surface area contributed by atoms with Crippen molar-refractivity contribution in [3.8, 4) is 0 Å². The number of aliphatic hydroxyl groups excluding tert-OH is 1. The quantitative estimate of drug-likeness (QED) is 0.768. The van der Waals surface area contributed by atoms with Crippen LogP contribution in [0.5, 0.6) is 0 Å². The third kappa shape index (κ3) is 4.66. The van der Waals surface area contributed by atoms with Crippen molar-refractivity contribution in [1.29, 1.82) is 0 Å². The average Bonchev–Trinajstić information content (AvgIpc) is 3.18. The summed E-state index contributed by atoms with van der Waals surface area (Å²) in [6, 6.07) is 11.6. The summed E-state index contributed by atoms with van der Waals surface area (Å²) in [7, 11) is 0. The van der Waals surface area contributed by atoms with Gasteiger partial charge in [0.05, 0.1) is 16.1 Å². The Balaban J connectivity index is 1.63. The first kappa shape index (κ1) is 20.6. The van der Waals surface area contributed by atoms with Crippen LogP contribution in [0.25, 0.3) is 0 Å². The summed E-state index contributed by atoms with van der Waals surface area (Å²) in [5.74, 6) is -0.400. The fourth-order valence-electron chi connectivity index (χ4n) is 3.30. The number of rotatable bonds is 5. The molecule has 0 aliphatic carbocycles. The zero-order chi connectivity index (χ0) is 20.3. The summed E-state index contributed by atoms with van der Waals surface area (Å²) in [4.78, 5) is 27.1. The lowest BCUT2D eigenvalue weighted by molar-refractivity contribution is -0.125. The van der Waals surface area contributed by atoms with E-state index in [1.54, 1.807) is 24.0 Å². The first-order valence-electron chi connectivity index (χ1n) is 9.17. The molecule has 1 aliphatic rings. The molecule has 2 atom stereocenters. The average molecular weight is 421 g/mol. The molecule has 0 aromatic heterocycles. The van der Waals surface area contributed by atoms with Crippen LogP contribution in [0.4, 0.5) is 0 Å². The van der Waals surface area contributed by atoms with E-state index in [2.05, 4.69) is 5.32 Å². The molecule has 1 aliphatic heterocycles. The Morgan fingerprint density at radius 2 is 1.89 bits per heavy atom. The van der Waals surface area contributed by atoms with Crippen LogP contribution >= 0.6 is 23.2 Å². The van der Waals surface area contributed by atoms with E-state index in [4.69, 9.17) is 23.2 Å². The molecule has 2 aromatic rings. The number of benzene rings is 2. The van der Waals surface area contributed by atoms with Crippen molar-refractivity contribution < 1.29 is 14.7 Å². The van der Waals surface area contributed by atoms with E-state index in [-0.39, 0.29) is 11.8 Å². The minimum absolute atomic E-state index is 0.175. The van der Waals surface area contributed by atoms with Crippen LogP contribution in [-0.4, -0.2) is 34.4 Å². The molecule has 148 valence electrons. The van der Waals surface area contributed by atoms with Gasteiger partial charge in [0.1, 0.15) is 6.04 Å². The topological polar surface area (TPSA) is 69.6 Å². The number of carbonyl (C=O) groups excluding carboxylic acids is 2. The second kappa shape index (κ2) is 8.95. The van der Waals surface area contributed by atoms with Gasteiger partial charge in [0.2, 0.25) is 5.91 Å². The summed E-state index contributed by atoms with van der Waals surface area (Å²) in [6.45, 7) is 2.60. The molecule has 2 aromatic carbocycles. The van der Waals surface area contributed by atoms with Crippen molar-refractivity contribution in [2.45, 2.75) is 38.5 Å². The van der Waals surface area contributed by atoms with E-state index in [0.717, 1.165) is 17.5 Å². The van der Waals surface area contributed by atoms with E-state index in [1.165, 1.54) is 6.07 Å². The number of aliphatic hydroxyl groups is 1. The number of nitrogens with zero attached hydrogens (tertiary/aromatic N) is 1. The molecule has 2 amide bonds. The Hall–Kier alpha value is -2.08. The predicted molar refractivity (Wildman–Crippen MR) is 109 cm³/mol. The van der Waals surface area contributed by atoms with Gasteiger partial charge >= 0.3 is 0 Å². The van der Waals surface area contributed by atoms with Gasteiger partial charge in [0.25, 0.3) is 5.91 Å². The van der Waals surface area contributed by atoms with Crippen LogP contribution in [0.2, 0.25) is 10.0 Å². The molecule has 0 spiro atoms. The molecular formula is C21H22Cl2N2O3. The van der Waals surface area contributed by atoms with Crippen LogP contribution in [-0.2, 0) is 11.3 Å². The number of hydrogen-bond donors (Lipinski definition) is 2. The lowest BCUT2D eigenvalue weighted by Crippen LogP contribution is -2.45. The Kier molecular flexibility index (Phi) is 6.60. The Labute approximate surface area is 174 Å². The molecule has 0 unspecified atom stereocenters. The van der Waals surface area contributed by atoms with Gasteiger partial charge in [-0.25, -0.2) is 0 Å². The minimum Gasteiger partial charge on any atom is -0.389 e. The van der Waals surface area contributed by atoms with Crippen LogP contribution in [0.15, 0.2) is 42.5 Å². The van der Waals surface area contributed by atoms with Gasteiger partial charge in [-0.05, 0) is 49.1 Å². The van der Waals surface area contributed by atoms with Gasteiger partial charge in [0, 0.05) is 18.7 Å². The van der Waals surface area contributed by atoms with E-state index < -0.39 is 12.1 Å². The summed E-state index contributed by atoms with van der Waals surface area (Å²) in [6.07, 6.45) is 0.872. The molecule has 1 saturated heterocycles. The zero-order valence-electron chi connectivity index (χ0n) is 15.5. The molecular weight excluding hydrogens is 399 g/mol. The first-order chi connectivity index (χ1) is 13.4. The minimum atomic E-state index is -0.525. The molecule has 0 radical (unpaired) electrons. The maximum atomic E-state index is 12.8. The third-order valence-electron chi connectivity index (χ3n) is 4.91. The van der Waals surface area contributed by atoms with Crippen LogP contribution in [0.1, 0.15) is 47.4 Å². The summed E-state index contributed by atoms with van der Waals surface area (Å²) in [5.41, 5.74) is 2.17. The van der Waals surface area contributed by atoms with E-state index in [1.807, 2.05) is 24.3 Å². The summed E-state index contributed by atoms with van der Waals surface area (Å²) < 4.78 is 0. The molecule has 7 heteroatoms. The lowest BCUT2D eigenvalue weighted by atomic mass is 10.1. The Bertz CT molecular complexity index is 868. The fourth-order valence-corrected chi connectivity index (χ4v) is 3.60. The number of nitrogens with one attached hydrogen (secondary N) is 1. The smallest absolute Gasteiger partial charge is 0.254 e. The van der Waals surface area contributed by atoms with Gasteiger partial charge in [0.15, 0.2) is 0 Å². The number of halogens is 2. The molecule has 3 rings (SSSR count). The van der Waals surface area contributed by atoms with Crippen molar-refractivity contribution >= 4 is 35.0 Å². The van der Waals surface area contributed by atoms with Gasteiger partial charge in [-0.3, -0.25) is 9.59 Å². The van der Waals surface area contributed by atoms with Gasteiger partial charge in [-0.2, -0.15) is 0 Å². The molecule has 1 heterocycles. The second-order valence-corrected chi connectivity index (χ2v) is 7.74. The maximum Gasteiger partial charge on any atom is 0.254 e. The van der Waals surface area contributed by atoms with Crippen LogP contribution in [0, 0.1) is 0 Å². The van der Waals surface area contributed by atoms with Crippen LogP contribution < -0.4 is 5.32 Å². The molecule has 0 bridgehead atoms. The normalized spacial score (nSPS) is 17.4. The first-order valence-corrected chi connectivity index (χ1v) is 9.93.